The van der Waals surface area contributed by atoms with E-state index in [1.807, 2.05) is 72.8 Å². The summed E-state index contributed by atoms with van der Waals surface area (Å²) in [6.45, 7) is 2.12. The Balaban J connectivity index is 0.918. The van der Waals surface area contributed by atoms with Gasteiger partial charge in [-0.1, -0.05) is 78.9 Å². The lowest BCUT2D eigenvalue weighted by atomic mass is 9.92. The lowest BCUT2D eigenvalue weighted by molar-refractivity contribution is -0.135. The van der Waals surface area contributed by atoms with Crippen molar-refractivity contribution in [2.45, 2.75) is 43.6 Å². The average Bonchev–Trinajstić information content (AvgIpc) is 4.23. The quantitative estimate of drug-likeness (QED) is 0.0875. The molecule has 7 aromatic rings. The molecule has 360 valence electrons. The molecule has 2 fully saturated rings. The number of fused-ring (bicyclic) bond motifs is 6. The summed E-state index contributed by atoms with van der Waals surface area (Å²) in [5.74, 6) is 1.59. The summed E-state index contributed by atoms with van der Waals surface area (Å²) in [5.41, 5.74) is 7.59. The number of aromatic amines is 2. The number of alkyl carbamates (subject to hydrolysis) is 2. The van der Waals surface area contributed by atoms with Crippen molar-refractivity contribution in [1.82, 2.24) is 40.4 Å². The largest absolute Gasteiger partial charge is 0.488 e. The van der Waals surface area contributed by atoms with Gasteiger partial charge in [-0.2, -0.15) is 0 Å². The molecule has 2 aromatic heterocycles. The summed E-state index contributed by atoms with van der Waals surface area (Å²) < 4.78 is 27.4. The Labute approximate surface area is 403 Å². The molecule has 0 radical (unpaired) electrons. The molecule has 17 nitrogen and oxygen atoms in total. The number of rotatable bonds is 13. The Morgan fingerprint density at radius 2 is 1.30 bits per heavy atom. The van der Waals surface area contributed by atoms with E-state index in [1.165, 1.54) is 14.2 Å². The van der Waals surface area contributed by atoms with E-state index in [-0.39, 0.29) is 29.7 Å². The number of H-pyrrole nitrogens is 2. The van der Waals surface area contributed by atoms with E-state index < -0.39 is 30.3 Å². The van der Waals surface area contributed by atoms with Crippen molar-refractivity contribution in [3.8, 4) is 28.1 Å². The highest BCUT2D eigenvalue weighted by Crippen LogP contribution is 2.44. The maximum absolute atomic E-state index is 14.5. The molecule has 4 N–H and O–H groups in total. The van der Waals surface area contributed by atoms with Gasteiger partial charge in [-0.3, -0.25) is 9.59 Å². The predicted octanol–water partition coefficient (Wildman–Crippen LogP) is 7.93. The van der Waals surface area contributed by atoms with Crippen LogP contribution >= 0.6 is 0 Å². The maximum atomic E-state index is 14.5. The number of carbonyl (C=O) groups excluding carboxylic acids is 4. The zero-order valence-electron chi connectivity index (χ0n) is 39.3. The minimum absolute atomic E-state index is 0.0495. The lowest BCUT2D eigenvalue weighted by Gasteiger charge is -2.28. The van der Waals surface area contributed by atoms with Crippen LogP contribution in [0.1, 0.15) is 65.3 Å². The van der Waals surface area contributed by atoms with Crippen LogP contribution in [-0.2, 0) is 35.1 Å². The molecule has 5 aromatic carbocycles. The Morgan fingerprint density at radius 1 is 0.700 bits per heavy atom. The fourth-order valence-electron chi connectivity index (χ4n) is 10.4. The third-order valence-electron chi connectivity index (χ3n) is 13.7. The SMILES string of the molecule is COC[C@H]1CC(c2nc3c(ccc4cc5c(cc43)OCc3cc(-c4cnc([C@@H]6C[C@H](COC)CN6C(=O)[C@H](NC(=O)OC)c6ccccc6)[nH]4)ccc3-5)[nH]2)N(C(=O)[C@H](NC(=O)OC)c2ccccc2)C1. The number of nitrogens with zero attached hydrogens (tertiary/aromatic N) is 4. The summed E-state index contributed by atoms with van der Waals surface area (Å²) in [6, 6.07) is 30.1. The summed E-state index contributed by atoms with van der Waals surface area (Å²) in [5, 5.41) is 7.37. The van der Waals surface area contributed by atoms with Crippen molar-refractivity contribution in [3.05, 3.63) is 138 Å². The maximum Gasteiger partial charge on any atom is 0.407 e. The van der Waals surface area contributed by atoms with Crippen LogP contribution in [0.4, 0.5) is 9.59 Å². The van der Waals surface area contributed by atoms with Gasteiger partial charge in [0.15, 0.2) is 0 Å². The first kappa shape index (κ1) is 46.0. The van der Waals surface area contributed by atoms with Crippen LogP contribution in [0.2, 0.25) is 0 Å². The van der Waals surface area contributed by atoms with E-state index in [4.69, 9.17) is 33.7 Å². The van der Waals surface area contributed by atoms with Crippen LogP contribution in [-0.4, -0.2) is 108 Å². The molecule has 0 bridgehead atoms. The second kappa shape index (κ2) is 19.7. The highest BCUT2D eigenvalue weighted by atomic mass is 16.5. The number of ether oxygens (including phenoxy) is 5. The average molecular weight is 947 g/mol. The van der Waals surface area contributed by atoms with Crippen LogP contribution in [0, 0.1) is 11.8 Å². The predicted molar refractivity (Wildman–Crippen MR) is 259 cm³/mol. The Kier molecular flexibility index (Phi) is 12.9. The summed E-state index contributed by atoms with van der Waals surface area (Å²) in [6.07, 6.45) is 1.63. The van der Waals surface area contributed by atoms with Crippen LogP contribution in [0.3, 0.4) is 0 Å². The van der Waals surface area contributed by atoms with E-state index in [0.717, 1.165) is 55.5 Å². The number of aromatic nitrogens is 4. The number of benzene rings is 5. The Hall–Kier alpha value is -7.76. The van der Waals surface area contributed by atoms with Crippen LogP contribution < -0.4 is 15.4 Å². The molecule has 2 saturated heterocycles. The van der Waals surface area contributed by atoms with Crippen LogP contribution in [0.15, 0.2) is 109 Å². The molecule has 3 aliphatic rings. The van der Waals surface area contributed by atoms with E-state index in [0.29, 0.717) is 68.5 Å². The van der Waals surface area contributed by atoms with Crippen molar-refractivity contribution >= 4 is 45.8 Å². The zero-order chi connectivity index (χ0) is 48.5. The number of methoxy groups -OCH3 is 4. The topological polar surface area (TPSA) is 202 Å². The van der Waals surface area contributed by atoms with Crippen molar-refractivity contribution < 1.29 is 42.9 Å². The third kappa shape index (κ3) is 8.89. The molecule has 1 unspecified atom stereocenters. The van der Waals surface area contributed by atoms with Gasteiger partial charge in [0, 0.05) is 50.1 Å². The van der Waals surface area contributed by atoms with Gasteiger partial charge >= 0.3 is 12.2 Å². The fraction of sp³-hybridized carbons (Fsp3) is 0.321. The number of hydrogen-bond acceptors (Lipinski definition) is 11. The smallest absolute Gasteiger partial charge is 0.407 e. The zero-order valence-corrected chi connectivity index (χ0v) is 39.3. The van der Waals surface area contributed by atoms with Crippen molar-refractivity contribution in [1.29, 1.82) is 0 Å². The normalized spacial score (nSPS) is 19.3. The van der Waals surface area contributed by atoms with Gasteiger partial charge in [-0.15, -0.1) is 0 Å². The number of carbonyl (C=O) groups is 4. The summed E-state index contributed by atoms with van der Waals surface area (Å²) >= 11 is 0. The van der Waals surface area contributed by atoms with Crippen molar-refractivity contribution in [2.75, 3.05) is 54.7 Å². The van der Waals surface area contributed by atoms with Crippen molar-refractivity contribution in [2.24, 2.45) is 11.8 Å². The summed E-state index contributed by atoms with van der Waals surface area (Å²) in [7, 11) is 5.85. The van der Waals surface area contributed by atoms with Gasteiger partial charge in [0.2, 0.25) is 0 Å². The lowest BCUT2D eigenvalue weighted by Crippen LogP contribution is -2.43. The molecule has 0 aliphatic carbocycles. The van der Waals surface area contributed by atoms with Gasteiger partial charge in [0.25, 0.3) is 11.8 Å². The number of hydrogen-bond donors (Lipinski definition) is 4. The highest BCUT2D eigenvalue weighted by Gasteiger charge is 2.43. The minimum atomic E-state index is -0.963. The third-order valence-corrected chi connectivity index (χ3v) is 13.7. The minimum Gasteiger partial charge on any atom is -0.488 e. The van der Waals surface area contributed by atoms with Gasteiger partial charge in [0.05, 0.1) is 62.4 Å². The van der Waals surface area contributed by atoms with E-state index in [2.05, 4.69) is 50.9 Å². The molecule has 0 saturated carbocycles. The van der Waals surface area contributed by atoms with Gasteiger partial charge in [-0.25, -0.2) is 19.6 Å². The number of nitrogens with one attached hydrogen (secondary N) is 4. The van der Waals surface area contributed by atoms with Crippen LogP contribution in [0.5, 0.6) is 5.75 Å². The number of likely N-dealkylation sites (tertiary alicyclic amines) is 2. The first-order valence-corrected chi connectivity index (χ1v) is 23.3. The van der Waals surface area contributed by atoms with E-state index >= 15 is 0 Å². The molecule has 0 spiro atoms. The Morgan fingerprint density at radius 3 is 1.89 bits per heavy atom. The molecular weight excluding hydrogens is 893 g/mol. The van der Waals surface area contributed by atoms with Gasteiger partial charge < -0.3 is 54.1 Å². The molecule has 17 heteroatoms. The first-order valence-electron chi connectivity index (χ1n) is 23.3. The second-order valence-electron chi connectivity index (χ2n) is 18.1. The van der Waals surface area contributed by atoms with Crippen LogP contribution in [0.25, 0.3) is 44.2 Å². The first-order chi connectivity index (χ1) is 34.1. The molecule has 3 aliphatic heterocycles. The number of imidazole rings is 2. The molecule has 4 amide bonds. The second-order valence-corrected chi connectivity index (χ2v) is 18.1. The summed E-state index contributed by atoms with van der Waals surface area (Å²) in [4.78, 5) is 74.4. The number of amides is 4. The van der Waals surface area contributed by atoms with Gasteiger partial charge in [0.1, 0.15) is 36.1 Å². The molecule has 5 heterocycles. The molecular formula is C53H54N8O9. The standard InChI is InChI=1S/C53H54N8O9/c1-66-27-30-19-42(60(25-30)50(62)45(58-52(64)68-3)32-11-7-5-8-12-32)48-54-24-41(56-48)35-15-17-37-36(21-35)29-70-44-23-38-34(22-39(37)44)16-18-40-47(38)57-49(55-40)43-20-31(28-67-2)26-61(43)51(63)46(59-53(65)69-4)33-13-9-6-10-14-33/h5-18,21-24,30-31,42-43,45-46H,19-20,25-29H2,1-4H3,(H,54,56)(H,55,57)(H,58,64)(H,59,65)/t30-,31-,42-,43?,45+,46+/m0/s1. The van der Waals surface area contributed by atoms with Gasteiger partial charge in [-0.05, 0) is 70.3 Å². The Bertz CT molecular complexity index is 3070. The monoisotopic (exact) mass is 946 g/mol. The highest BCUT2D eigenvalue weighted by molar-refractivity contribution is 6.07. The molecule has 6 atom stereocenters. The molecule has 10 rings (SSSR count). The van der Waals surface area contributed by atoms with E-state index in [9.17, 15) is 19.2 Å². The fourth-order valence-corrected chi connectivity index (χ4v) is 10.4. The van der Waals surface area contributed by atoms with E-state index in [1.54, 1.807) is 30.2 Å². The van der Waals surface area contributed by atoms with Crippen molar-refractivity contribution in [3.63, 3.8) is 0 Å². The molecule has 70 heavy (non-hydrogen) atoms.